The average Bonchev–Trinajstić information content (AvgIpc) is 2.51. The van der Waals surface area contributed by atoms with E-state index in [0.717, 1.165) is 16.8 Å². The molecule has 3 aromatic rings. The molecule has 0 radical (unpaired) electrons. The van der Waals surface area contributed by atoms with Crippen LogP contribution in [0.2, 0.25) is 0 Å². The van der Waals surface area contributed by atoms with Crippen LogP contribution in [0, 0.1) is 0 Å². The van der Waals surface area contributed by atoms with Crippen LogP contribution in [0.5, 0.6) is 5.75 Å². The van der Waals surface area contributed by atoms with Crippen molar-refractivity contribution < 1.29 is 4.74 Å². The molecule has 20 heavy (non-hydrogen) atoms. The summed E-state index contributed by atoms with van der Waals surface area (Å²) in [6.07, 6.45) is 1.36. The Labute approximate surface area is 116 Å². The van der Waals surface area contributed by atoms with Gasteiger partial charge in [0.2, 0.25) is 5.43 Å². The Morgan fingerprint density at radius 1 is 1.15 bits per heavy atom. The lowest BCUT2D eigenvalue weighted by Gasteiger charge is -2.10. The zero-order valence-corrected chi connectivity index (χ0v) is 11.1. The summed E-state index contributed by atoms with van der Waals surface area (Å²) in [6.45, 7) is 0.595. The summed E-state index contributed by atoms with van der Waals surface area (Å²) in [6, 6.07) is 15.3. The Morgan fingerprint density at radius 3 is 2.85 bits per heavy atom. The SMILES string of the molecule is COc1cccc(Cn2ncc(=O)c3ccccc32)c1. The van der Waals surface area contributed by atoms with Crippen molar-refractivity contribution in [2.24, 2.45) is 0 Å². The van der Waals surface area contributed by atoms with Crippen molar-refractivity contribution in [1.82, 2.24) is 9.78 Å². The van der Waals surface area contributed by atoms with Crippen molar-refractivity contribution in [3.63, 3.8) is 0 Å². The van der Waals surface area contributed by atoms with E-state index >= 15 is 0 Å². The fourth-order valence-corrected chi connectivity index (χ4v) is 2.23. The van der Waals surface area contributed by atoms with Crippen LogP contribution in [0.1, 0.15) is 5.56 Å². The van der Waals surface area contributed by atoms with Crippen LogP contribution in [0.4, 0.5) is 0 Å². The number of nitrogens with zero attached hydrogens (tertiary/aromatic N) is 2. The maximum absolute atomic E-state index is 11.8. The fourth-order valence-electron chi connectivity index (χ4n) is 2.23. The second-order valence-electron chi connectivity index (χ2n) is 4.54. The first kappa shape index (κ1) is 12.4. The summed E-state index contributed by atoms with van der Waals surface area (Å²) in [5.74, 6) is 0.813. The van der Waals surface area contributed by atoms with Gasteiger partial charge in [-0.15, -0.1) is 0 Å². The number of hydrogen-bond acceptors (Lipinski definition) is 3. The van der Waals surface area contributed by atoms with E-state index in [1.807, 2.05) is 53.2 Å². The largest absolute Gasteiger partial charge is 0.497 e. The van der Waals surface area contributed by atoms with Crippen molar-refractivity contribution in [2.75, 3.05) is 7.11 Å². The van der Waals surface area contributed by atoms with Crippen LogP contribution in [0.25, 0.3) is 10.9 Å². The third kappa shape index (κ3) is 2.28. The molecule has 0 unspecified atom stereocenters. The summed E-state index contributed by atoms with van der Waals surface area (Å²) >= 11 is 0. The minimum atomic E-state index is -0.0532. The summed E-state index contributed by atoms with van der Waals surface area (Å²) in [5, 5.41) is 4.91. The number of rotatable bonds is 3. The van der Waals surface area contributed by atoms with Crippen molar-refractivity contribution in [3.05, 3.63) is 70.5 Å². The van der Waals surface area contributed by atoms with Crippen molar-refractivity contribution in [1.29, 1.82) is 0 Å². The highest BCUT2D eigenvalue weighted by atomic mass is 16.5. The molecule has 100 valence electrons. The second-order valence-corrected chi connectivity index (χ2v) is 4.54. The van der Waals surface area contributed by atoms with Crippen LogP contribution in [0.15, 0.2) is 59.5 Å². The summed E-state index contributed by atoms with van der Waals surface area (Å²) < 4.78 is 7.04. The van der Waals surface area contributed by atoms with E-state index in [0.29, 0.717) is 11.9 Å². The molecule has 0 saturated heterocycles. The predicted molar refractivity (Wildman–Crippen MR) is 78.1 cm³/mol. The molecule has 0 aliphatic heterocycles. The molecule has 0 aliphatic rings. The van der Waals surface area contributed by atoms with E-state index in [4.69, 9.17) is 4.74 Å². The van der Waals surface area contributed by atoms with E-state index in [-0.39, 0.29) is 5.43 Å². The first-order valence-corrected chi connectivity index (χ1v) is 6.36. The average molecular weight is 266 g/mol. The maximum Gasteiger partial charge on any atom is 0.207 e. The highest BCUT2D eigenvalue weighted by molar-refractivity contribution is 5.77. The molecule has 0 spiro atoms. The van der Waals surface area contributed by atoms with E-state index in [9.17, 15) is 4.79 Å². The Kier molecular flexibility index (Phi) is 3.21. The van der Waals surface area contributed by atoms with Crippen molar-refractivity contribution >= 4 is 10.9 Å². The number of fused-ring (bicyclic) bond motifs is 1. The topological polar surface area (TPSA) is 44.1 Å². The van der Waals surface area contributed by atoms with Gasteiger partial charge in [0.05, 0.1) is 25.4 Å². The van der Waals surface area contributed by atoms with Gasteiger partial charge in [0.15, 0.2) is 0 Å². The van der Waals surface area contributed by atoms with E-state index in [1.165, 1.54) is 6.20 Å². The number of aromatic nitrogens is 2. The zero-order valence-electron chi connectivity index (χ0n) is 11.1. The van der Waals surface area contributed by atoms with Gasteiger partial charge >= 0.3 is 0 Å². The number of para-hydroxylation sites is 1. The molecular weight excluding hydrogens is 252 g/mol. The van der Waals surface area contributed by atoms with Crippen LogP contribution < -0.4 is 10.2 Å². The highest BCUT2D eigenvalue weighted by Crippen LogP contribution is 2.15. The van der Waals surface area contributed by atoms with Gasteiger partial charge in [-0.1, -0.05) is 24.3 Å². The Balaban J connectivity index is 2.07. The van der Waals surface area contributed by atoms with Gasteiger partial charge in [0.25, 0.3) is 0 Å². The molecule has 2 aromatic carbocycles. The van der Waals surface area contributed by atoms with Crippen molar-refractivity contribution in [3.8, 4) is 5.75 Å². The lowest BCUT2D eigenvalue weighted by molar-refractivity contribution is 0.414. The second kappa shape index (κ2) is 5.17. The van der Waals surface area contributed by atoms with E-state index < -0.39 is 0 Å². The molecule has 0 atom stereocenters. The quantitative estimate of drug-likeness (QED) is 0.731. The number of methoxy groups -OCH3 is 1. The van der Waals surface area contributed by atoms with E-state index in [2.05, 4.69) is 5.10 Å². The molecule has 0 aliphatic carbocycles. The monoisotopic (exact) mass is 266 g/mol. The first-order chi connectivity index (χ1) is 9.78. The molecule has 4 heteroatoms. The van der Waals surface area contributed by atoms with Crippen LogP contribution in [-0.2, 0) is 6.54 Å². The maximum atomic E-state index is 11.8. The Hall–Kier alpha value is -2.62. The summed E-state index contributed by atoms with van der Waals surface area (Å²) in [4.78, 5) is 11.8. The van der Waals surface area contributed by atoms with Crippen molar-refractivity contribution in [2.45, 2.75) is 6.54 Å². The molecule has 0 fully saturated rings. The van der Waals surface area contributed by atoms with Gasteiger partial charge in [0.1, 0.15) is 5.75 Å². The molecule has 0 bridgehead atoms. The predicted octanol–water partition coefficient (Wildman–Crippen LogP) is 2.45. The first-order valence-electron chi connectivity index (χ1n) is 6.36. The van der Waals surface area contributed by atoms with Gasteiger partial charge in [-0.2, -0.15) is 5.10 Å². The molecule has 4 nitrogen and oxygen atoms in total. The minimum Gasteiger partial charge on any atom is -0.497 e. The number of benzene rings is 2. The van der Waals surface area contributed by atoms with Gasteiger partial charge in [-0.3, -0.25) is 9.48 Å². The molecule has 3 rings (SSSR count). The van der Waals surface area contributed by atoms with Crippen LogP contribution in [0.3, 0.4) is 0 Å². The Morgan fingerprint density at radius 2 is 2.00 bits per heavy atom. The number of hydrogen-bond donors (Lipinski definition) is 0. The van der Waals surface area contributed by atoms with Gasteiger partial charge in [0, 0.05) is 5.39 Å². The third-order valence-corrected chi connectivity index (χ3v) is 3.23. The van der Waals surface area contributed by atoms with Crippen LogP contribution in [-0.4, -0.2) is 16.9 Å². The Bertz CT molecular complexity index is 809. The van der Waals surface area contributed by atoms with Gasteiger partial charge in [-0.05, 0) is 29.8 Å². The molecule has 0 saturated carbocycles. The summed E-state index contributed by atoms with van der Waals surface area (Å²) in [7, 11) is 1.64. The minimum absolute atomic E-state index is 0.0532. The molecule has 0 amide bonds. The van der Waals surface area contributed by atoms with Crippen LogP contribution >= 0.6 is 0 Å². The highest BCUT2D eigenvalue weighted by Gasteiger charge is 2.04. The zero-order chi connectivity index (χ0) is 13.9. The molecule has 1 aromatic heterocycles. The molecule has 0 N–H and O–H groups in total. The molecule has 1 heterocycles. The van der Waals surface area contributed by atoms with Gasteiger partial charge < -0.3 is 4.74 Å². The summed E-state index contributed by atoms with van der Waals surface area (Å²) in [5.41, 5.74) is 1.86. The fraction of sp³-hybridized carbons (Fsp3) is 0.125. The smallest absolute Gasteiger partial charge is 0.207 e. The lowest BCUT2D eigenvalue weighted by atomic mass is 10.2. The lowest BCUT2D eigenvalue weighted by Crippen LogP contribution is -2.12. The van der Waals surface area contributed by atoms with Gasteiger partial charge in [-0.25, -0.2) is 0 Å². The normalized spacial score (nSPS) is 10.7. The third-order valence-electron chi connectivity index (χ3n) is 3.23. The number of ether oxygens (including phenoxy) is 1. The standard InChI is InChI=1S/C16H14N2O2/c1-20-13-6-4-5-12(9-13)11-18-15-8-3-2-7-14(15)16(19)10-17-18/h2-10H,11H2,1H3. The van der Waals surface area contributed by atoms with E-state index in [1.54, 1.807) is 7.11 Å². The molecular formula is C16H14N2O2.